The summed E-state index contributed by atoms with van der Waals surface area (Å²) in [7, 11) is 0. The molecule has 0 bridgehead atoms. The Labute approximate surface area is 105 Å². The Morgan fingerprint density at radius 1 is 1.39 bits per heavy atom. The zero-order valence-electron chi connectivity index (χ0n) is 10.2. The number of benzene rings is 1. The Hall–Kier alpha value is -2.24. The maximum atomic E-state index is 11.5. The number of hydrogen-bond acceptors (Lipinski definition) is 5. The number of esters is 1. The highest BCUT2D eigenvalue weighted by Gasteiger charge is 2.08. The van der Waals surface area contributed by atoms with Gasteiger partial charge in [0, 0.05) is 13.0 Å². The third-order valence-electron chi connectivity index (χ3n) is 2.25. The lowest BCUT2D eigenvalue weighted by Gasteiger charge is -2.09. The topological polar surface area (TPSA) is 107 Å². The van der Waals surface area contributed by atoms with Crippen LogP contribution in [-0.4, -0.2) is 25.0 Å². The SMILES string of the molecule is CCOC(=O)c1ccc(NCCC(N)=O)c(N)c1. The summed E-state index contributed by atoms with van der Waals surface area (Å²) >= 11 is 0. The molecule has 0 saturated carbocycles. The number of nitrogens with one attached hydrogen (secondary N) is 1. The van der Waals surface area contributed by atoms with Gasteiger partial charge < -0.3 is 21.5 Å². The minimum atomic E-state index is -0.409. The summed E-state index contributed by atoms with van der Waals surface area (Å²) in [6.45, 7) is 2.46. The van der Waals surface area contributed by atoms with E-state index in [1.807, 2.05) is 0 Å². The summed E-state index contributed by atoms with van der Waals surface area (Å²) in [5, 5.41) is 2.96. The lowest BCUT2D eigenvalue weighted by molar-refractivity contribution is -0.117. The van der Waals surface area contributed by atoms with E-state index >= 15 is 0 Å². The predicted octanol–water partition coefficient (Wildman–Crippen LogP) is 0.733. The molecule has 1 rings (SSSR count). The van der Waals surface area contributed by atoms with Crippen molar-refractivity contribution in [1.29, 1.82) is 0 Å². The van der Waals surface area contributed by atoms with E-state index in [0.717, 1.165) is 0 Å². The maximum absolute atomic E-state index is 11.5. The van der Waals surface area contributed by atoms with E-state index in [1.54, 1.807) is 19.1 Å². The molecule has 6 heteroatoms. The third kappa shape index (κ3) is 3.97. The van der Waals surface area contributed by atoms with Crippen LogP contribution in [0, 0.1) is 0 Å². The highest BCUT2D eigenvalue weighted by molar-refractivity contribution is 5.92. The van der Waals surface area contributed by atoms with Crippen LogP contribution in [0.2, 0.25) is 0 Å². The molecule has 0 radical (unpaired) electrons. The van der Waals surface area contributed by atoms with E-state index in [9.17, 15) is 9.59 Å². The second-order valence-corrected chi connectivity index (χ2v) is 3.67. The van der Waals surface area contributed by atoms with Gasteiger partial charge in [-0.25, -0.2) is 4.79 Å². The molecule has 0 unspecified atom stereocenters. The quantitative estimate of drug-likeness (QED) is 0.510. The van der Waals surface area contributed by atoms with Gasteiger partial charge in [-0.3, -0.25) is 4.79 Å². The van der Waals surface area contributed by atoms with Crippen LogP contribution in [0.15, 0.2) is 18.2 Å². The van der Waals surface area contributed by atoms with Gasteiger partial charge >= 0.3 is 5.97 Å². The minimum Gasteiger partial charge on any atom is -0.462 e. The lowest BCUT2D eigenvalue weighted by Crippen LogP contribution is -2.16. The van der Waals surface area contributed by atoms with E-state index in [2.05, 4.69) is 5.32 Å². The van der Waals surface area contributed by atoms with Crippen molar-refractivity contribution in [3.05, 3.63) is 23.8 Å². The molecule has 0 spiro atoms. The molecule has 0 heterocycles. The largest absolute Gasteiger partial charge is 0.462 e. The monoisotopic (exact) mass is 251 g/mol. The van der Waals surface area contributed by atoms with Gasteiger partial charge in [0.25, 0.3) is 0 Å². The van der Waals surface area contributed by atoms with Crippen LogP contribution in [-0.2, 0) is 9.53 Å². The van der Waals surface area contributed by atoms with E-state index < -0.39 is 5.97 Å². The second kappa shape index (κ2) is 6.48. The molecule has 0 aliphatic carbocycles. The average molecular weight is 251 g/mol. The molecule has 0 aromatic heterocycles. The van der Waals surface area contributed by atoms with Crippen LogP contribution in [0.4, 0.5) is 11.4 Å². The maximum Gasteiger partial charge on any atom is 0.338 e. The summed E-state index contributed by atoms with van der Waals surface area (Å²) in [5.41, 5.74) is 12.3. The van der Waals surface area contributed by atoms with Crippen LogP contribution in [0.25, 0.3) is 0 Å². The fourth-order valence-electron chi connectivity index (χ4n) is 1.39. The molecular weight excluding hydrogens is 234 g/mol. The lowest BCUT2D eigenvalue weighted by atomic mass is 10.1. The molecule has 98 valence electrons. The van der Waals surface area contributed by atoms with Crippen molar-refractivity contribution in [2.75, 3.05) is 24.2 Å². The Balaban J connectivity index is 2.67. The predicted molar refractivity (Wildman–Crippen MR) is 69.1 cm³/mol. The van der Waals surface area contributed by atoms with Gasteiger partial charge in [-0.2, -0.15) is 0 Å². The second-order valence-electron chi connectivity index (χ2n) is 3.67. The van der Waals surface area contributed by atoms with Gasteiger partial charge in [0.05, 0.1) is 23.5 Å². The molecule has 1 amide bonds. The summed E-state index contributed by atoms with van der Waals surface area (Å²) in [4.78, 5) is 22.0. The number of carbonyl (C=O) groups excluding carboxylic acids is 2. The first-order chi connectivity index (χ1) is 8.54. The summed E-state index contributed by atoms with van der Waals surface area (Å²) in [6, 6.07) is 4.81. The molecule has 0 atom stereocenters. The van der Waals surface area contributed by atoms with Crippen LogP contribution in [0.3, 0.4) is 0 Å². The molecule has 1 aromatic carbocycles. The summed E-state index contributed by atoms with van der Waals surface area (Å²) in [6.07, 6.45) is 0.221. The van der Waals surface area contributed by atoms with Crippen LogP contribution in [0.1, 0.15) is 23.7 Å². The van der Waals surface area contributed by atoms with Gasteiger partial charge in [0.15, 0.2) is 0 Å². The molecule has 1 aromatic rings. The van der Waals surface area contributed by atoms with Gasteiger partial charge in [-0.05, 0) is 25.1 Å². The average Bonchev–Trinajstić information content (AvgIpc) is 2.31. The highest BCUT2D eigenvalue weighted by Crippen LogP contribution is 2.20. The number of nitrogens with two attached hydrogens (primary N) is 2. The van der Waals surface area contributed by atoms with E-state index in [1.165, 1.54) is 6.07 Å². The zero-order chi connectivity index (χ0) is 13.5. The summed E-state index contributed by atoms with van der Waals surface area (Å²) in [5.74, 6) is -0.794. The van der Waals surface area contributed by atoms with Gasteiger partial charge in [-0.1, -0.05) is 0 Å². The standard InChI is InChI=1S/C12H17N3O3/c1-2-18-12(17)8-3-4-10(9(13)7-8)15-6-5-11(14)16/h3-4,7,15H,2,5-6,13H2,1H3,(H2,14,16). The Bertz CT molecular complexity index is 446. The molecule has 0 aliphatic heterocycles. The van der Waals surface area contributed by atoms with Crippen LogP contribution in [0.5, 0.6) is 0 Å². The first-order valence-corrected chi connectivity index (χ1v) is 5.63. The Morgan fingerprint density at radius 3 is 2.67 bits per heavy atom. The van der Waals surface area contributed by atoms with Gasteiger partial charge in [-0.15, -0.1) is 0 Å². The number of primary amides is 1. The van der Waals surface area contributed by atoms with E-state index in [-0.39, 0.29) is 12.3 Å². The zero-order valence-corrected chi connectivity index (χ0v) is 10.2. The molecule has 5 N–H and O–H groups in total. The van der Waals surface area contributed by atoms with Crippen LogP contribution >= 0.6 is 0 Å². The normalized spacial score (nSPS) is 9.83. The molecule has 18 heavy (non-hydrogen) atoms. The minimum absolute atomic E-state index is 0.221. The number of rotatable bonds is 6. The van der Waals surface area contributed by atoms with Crippen molar-refractivity contribution < 1.29 is 14.3 Å². The van der Waals surface area contributed by atoms with Crippen LogP contribution < -0.4 is 16.8 Å². The molecule has 0 saturated heterocycles. The van der Waals surface area contributed by atoms with Gasteiger partial charge in [0.2, 0.25) is 5.91 Å². The highest BCUT2D eigenvalue weighted by atomic mass is 16.5. The third-order valence-corrected chi connectivity index (χ3v) is 2.25. The first-order valence-electron chi connectivity index (χ1n) is 5.63. The van der Waals surface area contributed by atoms with E-state index in [4.69, 9.17) is 16.2 Å². The van der Waals surface area contributed by atoms with Crippen molar-refractivity contribution in [3.8, 4) is 0 Å². The number of anilines is 2. The number of hydrogen-bond donors (Lipinski definition) is 3. The number of ether oxygens (including phenoxy) is 1. The van der Waals surface area contributed by atoms with Gasteiger partial charge in [0.1, 0.15) is 0 Å². The molecule has 6 nitrogen and oxygen atoms in total. The van der Waals surface area contributed by atoms with Crippen molar-refractivity contribution in [2.45, 2.75) is 13.3 Å². The smallest absolute Gasteiger partial charge is 0.338 e. The van der Waals surface area contributed by atoms with E-state index in [0.29, 0.717) is 30.1 Å². The molecular formula is C12H17N3O3. The van der Waals surface area contributed by atoms with Crippen molar-refractivity contribution in [1.82, 2.24) is 0 Å². The van der Waals surface area contributed by atoms with Crippen molar-refractivity contribution >= 4 is 23.3 Å². The fraction of sp³-hybridized carbons (Fsp3) is 0.333. The number of carbonyl (C=O) groups is 2. The molecule has 0 fully saturated rings. The number of amides is 1. The van der Waals surface area contributed by atoms with Crippen molar-refractivity contribution in [2.24, 2.45) is 5.73 Å². The first kappa shape index (κ1) is 13.8. The number of nitrogen functional groups attached to an aromatic ring is 1. The Kier molecular flexibility index (Phi) is 4.98. The summed E-state index contributed by atoms with van der Waals surface area (Å²) < 4.78 is 4.86. The fourth-order valence-corrected chi connectivity index (χ4v) is 1.39. The molecule has 0 aliphatic rings. The Morgan fingerprint density at radius 2 is 2.11 bits per heavy atom. The van der Waals surface area contributed by atoms with Crippen molar-refractivity contribution in [3.63, 3.8) is 0 Å².